The number of benzene rings is 1. The number of halogens is 3. The third-order valence-corrected chi connectivity index (χ3v) is 6.85. The maximum Gasteiger partial charge on any atom is 0.177 e. The Hall–Kier alpha value is -3.20. The highest BCUT2D eigenvalue weighted by atomic mass is 19.2. The van der Waals surface area contributed by atoms with E-state index in [4.69, 9.17) is 10.5 Å². The quantitative estimate of drug-likeness (QED) is 0.386. The van der Waals surface area contributed by atoms with Gasteiger partial charge in [0, 0.05) is 24.5 Å². The molecule has 2 aliphatic rings. The van der Waals surface area contributed by atoms with Gasteiger partial charge in [-0.15, -0.1) is 0 Å². The summed E-state index contributed by atoms with van der Waals surface area (Å²) in [6.45, 7) is 3.61. The van der Waals surface area contributed by atoms with Gasteiger partial charge in [-0.1, -0.05) is 5.92 Å². The zero-order chi connectivity index (χ0) is 24.0. The number of hydrogen-bond acceptors (Lipinski definition) is 7. The van der Waals surface area contributed by atoms with Gasteiger partial charge in [0.25, 0.3) is 0 Å². The first-order valence-electron chi connectivity index (χ1n) is 11.0. The number of H-pyrrole nitrogens is 1. The van der Waals surface area contributed by atoms with Gasteiger partial charge in [-0.05, 0) is 37.8 Å². The zero-order valence-corrected chi connectivity index (χ0v) is 18.4. The van der Waals surface area contributed by atoms with Crippen molar-refractivity contribution >= 4 is 17.0 Å². The highest BCUT2D eigenvalue weighted by Crippen LogP contribution is 2.42. The molecule has 2 aliphatic heterocycles. The molecule has 0 amide bonds. The van der Waals surface area contributed by atoms with E-state index in [0.29, 0.717) is 42.9 Å². The van der Waals surface area contributed by atoms with Crippen LogP contribution in [-0.4, -0.2) is 57.1 Å². The molecule has 11 heteroatoms. The van der Waals surface area contributed by atoms with Gasteiger partial charge in [0.15, 0.2) is 28.8 Å². The van der Waals surface area contributed by atoms with Crippen molar-refractivity contribution in [1.29, 1.82) is 0 Å². The lowest BCUT2D eigenvalue weighted by Crippen LogP contribution is -2.51. The van der Waals surface area contributed by atoms with Gasteiger partial charge in [0.1, 0.15) is 17.0 Å². The number of nitrogens with zero attached hydrogens (tertiary/aromatic N) is 4. The first kappa shape index (κ1) is 22.6. The van der Waals surface area contributed by atoms with E-state index in [1.54, 1.807) is 0 Å². The minimum Gasteiger partial charge on any atom is -0.390 e. The average Bonchev–Trinajstić information content (AvgIpc) is 3.37. The summed E-state index contributed by atoms with van der Waals surface area (Å²) in [7, 11) is 0. The topological polar surface area (TPSA) is 113 Å². The Bertz CT molecular complexity index is 1310. The van der Waals surface area contributed by atoms with Crippen molar-refractivity contribution in [3.8, 4) is 11.8 Å². The molecule has 0 radical (unpaired) electrons. The van der Waals surface area contributed by atoms with Crippen LogP contribution in [0.4, 0.5) is 19.0 Å². The van der Waals surface area contributed by atoms with Crippen LogP contribution in [0.15, 0.2) is 12.1 Å². The van der Waals surface area contributed by atoms with Gasteiger partial charge in [-0.3, -0.25) is 5.10 Å². The Labute approximate surface area is 193 Å². The molecule has 1 aromatic carbocycles. The second-order valence-electron chi connectivity index (χ2n) is 8.78. The number of rotatable bonds is 2. The fourth-order valence-corrected chi connectivity index (χ4v) is 4.71. The normalized spacial score (nSPS) is 21.8. The van der Waals surface area contributed by atoms with Crippen molar-refractivity contribution in [3.05, 3.63) is 46.5 Å². The number of hydrogen-bond donors (Lipinski definition) is 3. The Morgan fingerprint density at radius 1 is 1.21 bits per heavy atom. The molecule has 4 heterocycles. The Balaban J connectivity index is 1.44. The molecule has 1 spiro atoms. The summed E-state index contributed by atoms with van der Waals surface area (Å²) >= 11 is 0. The van der Waals surface area contributed by atoms with Gasteiger partial charge in [0.05, 0.1) is 24.9 Å². The number of aromatic amines is 1. The third-order valence-electron chi connectivity index (χ3n) is 6.85. The molecule has 2 fully saturated rings. The molecule has 2 aromatic heterocycles. The zero-order valence-electron chi connectivity index (χ0n) is 18.4. The summed E-state index contributed by atoms with van der Waals surface area (Å²) in [6.07, 6.45) is 1.68. The number of piperidine rings is 1. The number of fused-ring (bicyclic) bond motifs is 1. The maximum absolute atomic E-state index is 13.9. The number of nitrogens with two attached hydrogens (primary N) is 1. The number of aliphatic hydroxyl groups is 1. The maximum atomic E-state index is 13.9. The molecule has 2 atom stereocenters. The molecule has 2 saturated heterocycles. The fraction of sp³-hybridized carbons (Fsp3) is 0.435. The number of anilines is 1. The Morgan fingerprint density at radius 2 is 1.94 bits per heavy atom. The smallest absolute Gasteiger partial charge is 0.177 e. The van der Waals surface area contributed by atoms with Gasteiger partial charge in [-0.25, -0.2) is 23.1 Å². The lowest BCUT2D eigenvalue weighted by Gasteiger charge is -2.41. The van der Waals surface area contributed by atoms with Gasteiger partial charge in [-0.2, -0.15) is 5.10 Å². The lowest BCUT2D eigenvalue weighted by molar-refractivity contribution is 0.0973. The molecule has 34 heavy (non-hydrogen) atoms. The first-order chi connectivity index (χ1) is 16.3. The van der Waals surface area contributed by atoms with Crippen LogP contribution in [0.5, 0.6) is 0 Å². The predicted octanol–water partition coefficient (Wildman–Crippen LogP) is 1.99. The molecule has 0 aliphatic carbocycles. The summed E-state index contributed by atoms with van der Waals surface area (Å²) in [5.41, 5.74) is 6.59. The second kappa shape index (κ2) is 8.54. The molecule has 4 N–H and O–H groups in total. The van der Waals surface area contributed by atoms with Crippen LogP contribution in [-0.2, 0) is 11.3 Å². The van der Waals surface area contributed by atoms with Crippen LogP contribution >= 0.6 is 0 Å². The molecule has 8 nitrogen and oxygen atoms in total. The molecular weight excluding hydrogens is 449 g/mol. The minimum atomic E-state index is -1.37. The Morgan fingerprint density at radius 3 is 2.62 bits per heavy atom. The van der Waals surface area contributed by atoms with E-state index in [-0.39, 0.29) is 35.4 Å². The van der Waals surface area contributed by atoms with Crippen LogP contribution in [0.2, 0.25) is 0 Å². The van der Waals surface area contributed by atoms with E-state index in [0.717, 1.165) is 18.9 Å². The summed E-state index contributed by atoms with van der Waals surface area (Å²) in [4.78, 5) is 11.1. The largest absolute Gasteiger partial charge is 0.390 e. The van der Waals surface area contributed by atoms with Gasteiger partial charge in [0.2, 0.25) is 0 Å². The first-order valence-corrected chi connectivity index (χ1v) is 11.0. The number of ether oxygens (including phenoxy) is 1. The number of aliphatic hydroxyl groups excluding tert-OH is 1. The average molecular weight is 472 g/mol. The number of nitrogens with one attached hydrogen (secondary N) is 1. The summed E-state index contributed by atoms with van der Waals surface area (Å²) < 4.78 is 47.0. The van der Waals surface area contributed by atoms with Crippen molar-refractivity contribution in [2.75, 3.05) is 24.6 Å². The molecule has 0 saturated carbocycles. The van der Waals surface area contributed by atoms with Crippen molar-refractivity contribution in [2.45, 2.75) is 38.5 Å². The van der Waals surface area contributed by atoms with Gasteiger partial charge < -0.3 is 20.5 Å². The van der Waals surface area contributed by atoms with Crippen LogP contribution in [0.3, 0.4) is 0 Å². The van der Waals surface area contributed by atoms with E-state index in [2.05, 4.69) is 32.0 Å². The monoisotopic (exact) mass is 472 g/mol. The van der Waals surface area contributed by atoms with E-state index in [9.17, 15) is 18.3 Å². The highest BCUT2D eigenvalue weighted by molar-refractivity contribution is 5.78. The predicted molar refractivity (Wildman–Crippen MR) is 117 cm³/mol. The summed E-state index contributed by atoms with van der Waals surface area (Å²) in [6, 6.07) is 1.47. The fourth-order valence-electron chi connectivity index (χ4n) is 4.71. The van der Waals surface area contributed by atoms with E-state index in [1.807, 2.05) is 11.8 Å². The molecule has 5 rings (SSSR count). The molecule has 0 bridgehead atoms. The second-order valence-corrected chi connectivity index (χ2v) is 8.78. The van der Waals surface area contributed by atoms with Crippen LogP contribution in [0, 0.1) is 34.7 Å². The lowest BCUT2D eigenvalue weighted by atomic mass is 9.73. The molecule has 3 aromatic rings. The standard InChI is InChI=1S/C23H23F3N6O2/c1-12-20(27)23(11-34-12)6-8-32(9-7-23)22-17(10-33)28-19-16(30-31-21(19)29-22)5-2-13-14(24)3-4-15(25)18(13)26/h3-4,12,20,33H,6-11,27H2,1H3,(H,29,30,31)/t12-,20+/m0/s1. The van der Waals surface area contributed by atoms with Crippen molar-refractivity contribution in [3.63, 3.8) is 0 Å². The van der Waals surface area contributed by atoms with Crippen molar-refractivity contribution in [1.82, 2.24) is 20.2 Å². The van der Waals surface area contributed by atoms with Crippen molar-refractivity contribution < 1.29 is 23.0 Å². The summed E-state index contributed by atoms with van der Waals surface area (Å²) in [5.74, 6) is 1.76. The molecular formula is C23H23F3N6O2. The van der Waals surface area contributed by atoms with Crippen LogP contribution in [0.25, 0.3) is 11.2 Å². The van der Waals surface area contributed by atoms with Crippen molar-refractivity contribution in [2.24, 2.45) is 11.1 Å². The molecule has 178 valence electrons. The van der Waals surface area contributed by atoms with Crippen LogP contribution < -0.4 is 10.6 Å². The number of aromatic nitrogens is 4. The van der Waals surface area contributed by atoms with E-state index in [1.165, 1.54) is 0 Å². The SMILES string of the molecule is C[C@@H]1OCC2(CCN(c3nc4[nH]nc(C#Cc5c(F)ccc(F)c5F)c4nc3CO)CC2)[C@@H]1N. The Kier molecular flexibility index (Phi) is 5.67. The van der Waals surface area contributed by atoms with E-state index >= 15 is 0 Å². The summed E-state index contributed by atoms with van der Waals surface area (Å²) in [5, 5.41) is 16.7. The van der Waals surface area contributed by atoms with Crippen LogP contribution in [0.1, 0.15) is 36.7 Å². The minimum absolute atomic E-state index is 0.0227. The highest BCUT2D eigenvalue weighted by Gasteiger charge is 2.47. The van der Waals surface area contributed by atoms with Gasteiger partial charge >= 0.3 is 0 Å². The third kappa shape index (κ3) is 3.68. The molecule has 0 unspecified atom stereocenters. The van der Waals surface area contributed by atoms with E-state index < -0.39 is 23.0 Å².